The summed E-state index contributed by atoms with van der Waals surface area (Å²) in [5, 5.41) is 0.700. The van der Waals surface area contributed by atoms with Gasteiger partial charge in [-0.15, -0.1) is 0 Å². The molecular formula is C12H18ClNO2S. The molecule has 0 heterocycles. The molecule has 0 N–H and O–H groups in total. The molecule has 5 heteroatoms. The molecule has 1 rings (SSSR count). The highest BCUT2D eigenvalue weighted by atomic mass is 35.5. The number of hydrogen-bond donors (Lipinski definition) is 0. The van der Waals surface area contributed by atoms with Crippen molar-refractivity contribution in [3.05, 3.63) is 34.9 Å². The first kappa shape index (κ1) is 14.5. The van der Waals surface area contributed by atoms with Crippen LogP contribution in [-0.4, -0.2) is 38.9 Å². The third-order valence-corrected chi connectivity index (χ3v) is 3.97. The maximum absolute atomic E-state index is 11.1. The molecule has 0 unspecified atom stereocenters. The lowest BCUT2D eigenvalue weighted by Crippen LogP contribution is -2.28. The van der Waals surface area contributed by atoms with Crippen LogP contribution in [0, 0.1) is 0 Å². The number of sulfone groups is 1. The molecule has 1 atom stereocenters. The highest BCUT2D eigenvalue weighted by Gasteiger charge is 2.13. The zero-order valence-electron chi connectivity index (χ0n) is 10.4. The fourth-order valence-corrected chi connectivity index (χ4v) is 2.34. The van der Waals surface area contributed by atoms with Gasteiger partial charge in [0.1, 0.15) is 9.84 Å². The van der Waals surface area contributed by atoms with Crippen LogP contribution in [0.2, 0.25) is 5.02 Å². The Balaban J connectivity index is 2.67. The Labute approximate surface area is 108 Å². The van der Waals surface area contributed by atoms with Gasteiger partial charge in [-0.05, 0) is 31.7 Å². The summed E-state index contributed by atoms with van der Waals surface area (Å²) in [4.78, 5) is 2.01. The van der Waals surface area contributed by atoms with Gasteiger partial charge in [0.25, 0.3) is 0 Å². The summed E-state index contributed by atoms with van der Waals surface area (Å²) in [6, 6.07) is 7.78. The third-order valence-electron chi connectivity index (χ3n) is 2.81. The fourth-order valence-electron chi connectivity index (χ4n) is 1.52. The van der Waals surface area contributed by atoms with Crippen LogP contribution in [0.15, 0.2) is 24.3 Å². The lowest BCUT2D eigenvalue weighted by atomic mass is 10.1. The van der Waals surface area contributed by atoms with Crippen LogP contribution in [-0.2, 0) is 9.84 Å². The lowest BCUT2D eigenvalue weighted by molar-refractivity contribution is 0.277. The summed E-state index contributed by atoms with van der Waals surface area (Å²) >= 11 is 5.93. The zero-order valence-corrected chi connectivity index (χ0v) is 11.9. The Morgan fingerprint density at radius 3 is 2.59 bits per heavy atom. The van der Waals surface area contributed by atoms with E-state index in [9.17, 15) is 8.42 Å². The van der Waals surface area contributed by atoms with Crippen molar-refractivity contribution in [1.29, 1.82) is 0 Å². The molecule has 0 amide bonds. The maximum Gasteiger partial charge on any atom is 0.148 e. The van der Waals surface area contributed by atoms with Crippen LogP contribution in [0.4, 0.5) is 0 Å². The van der Waals surface area contributed by atoms with Crippen LogP contribution in [0.25, 0.3) is 0 Å². The molecule has 0 radical (unpaired) electrons. The molecule has 1 aromatic rings. The van der Waals surface area contributed by atoms with E-state index >= 15 is 0 Å². The summed E-state index contributed by atoms with van der Waals surface area (Å²) in [6.45, 7) is 2.56. The molecule has 1 aromatic carbocycles. The average Bonchev–Trinajstić information content (AvgIpc) is 2.24. The minimum absolute atomic E-state index is 0.149. The summed E-state index contributed by atoms with van der Waals surface area (Å²) in [5.41, 5.74) is 1.09. The molecule has 0 fully saturated rings. The van der Waals surface area contributed by atoms with Crippen molar-refractivity contribution >= 4 is 21.4 Å². The second-order valence-corrected chi connectivity index (χ2v) is 7.04. The van der Waals surface area contributed by atoms with Gasteiger partial charge >= 0.3 is 0 Å². The van der Waals surface area contributed by atoms with Crippen molar-refractivity contribution in [2.24, 2.45) is 0 Å². The van der Waals surface area contributed by atoms with Gasteiger partial charge in [0, 0.05) is 23.9 Å². The predicted octanol–water partition coefficient (Wildman–Crippen LogP) is 2.38. The van der Waals surface area contributed by atoms with E-state index in [4.69, 9.17) is 11.6 Å². The first-order valence-corrected chi connectivity index (χ1v) is 7.87. The first-order valence-electron chi connectivity index (χ1n) is 5.43. The van der Waals surface area contributed by atoms with E-state index in [1.807, 2.05) is 43.1 Å². The van der Waals surface area contributed by atoms with Crippen LogP contribution < -0.4 is 0 Å². The highest BCUT2D eigenvalue weighted by Crippen LogP contribution is 2.21. The Hall–Kier alpha value is -0.580. The van der Waals surface area contributed by atoms with Crippen molar-refractivity contribution in [2.45, 2.75) is 13.0 Å². The Morgan fingerprint density at radius 2 is 2.06 bits per heavy atom. The van der Waals surface area contributed by atoms with E-state index in [0.717, 1.165) is 5.56 Å². The standard InChI is InChI=1S/C12H18ClNO2S/c1-10(11-5-4-6-12(13)9-11)14(2)7-8-17(3,15)16/h4-6,9-10H,7-8H2,1-3H3/t10-/m1/s1. The van der Waals surface area contributed by atoms with Gasteiger partial charge in [0.15, 0.2) is 0 Å². The molecule has 0 spiro atoms. The van der Waals surface area contributed by atoms with E-state index in [2.05, 4.69) is 0 Å². The van der Waals surface area contributed by atoms with Crippen molar-refractivity contribution in [1.82, 2.24) is 4.90 Å². The monoisotopic (exact) mass is 275 g/mol. The summed E-state index contributed by atoms with van der Waals surface area (Å²) in [5.74, 6) is 0.175. The molecule has 0 aromatic heterocycles. The molecule has 96 valence electrons. The first-order chi connectivity index (χ1) is 7.79. The van der Waals surface area contributed by atoms with Gasteiger partial charge in [-0.25, -0.2) is 8.42 Å². The molecule has 0 saturated heterocycles. The molecule has 0 aliphatic rings. The third kappa shape index (κ3) is 5.06. The molecule has 0 saturated carbocycles. The van der Waals surface area contributed by atoms with Gasteiger partial charge in [0.05, 0.1) is 5.75 Å². The Morgan fingerprint density at radius 1 is 1.41 bits per heavy atom. The van der Waals surface area contributed by atoms with Crippen molar-refractivity contribution in [2.75, 3.05) is 25.6 Å². The van der Waals surface area contributed by atoms with Gasteiger partial charge < -0.3 is 0 Å². The van der Waals surface area contributed by atoms with Crippen LogP contribution in [0.5, 0.6) is 0 Å². The normalized spacial score (nSPS) is 13.9. The molecule has 17 heavy (non-hydrogen) atoms. The van der Waals surface area contributed by atoms with Gasteiger partial charge in [-0.1, -0.05) is 23.7 Å². The van der Waals surface area contributed by atoms with E-state index in [0.29, 0.717) is 11.6 Å². The van der Waals surface area contributed by atoms with Gasteiger partial charge in [-0.3, -0.25) is 4.90 Å². The fraction of sp³-hybridized carbons (Fsp3) is 0.500. The molecule has 0 bridgehead atoms. The summed E-state index contributed by atoms with van der Waals surface area (Å²) in [6.07, 6.45) is 1.25. The molecule has 3 nitrogen and oxygen atoms in total. The number of halogens is 1. The van der Waals surface area contributed by atoms with Crippen molar-refractivity contribution in [3.63, 3.8) is 0 Å². The quantitative estimate of drug-likeness (QED) is 0.828. The van der Waals surface area contributed by atoms with Crippen molar-refractivity contribution < 1.29 is 8.42 Å². The predicted molar refractivity (Wildman–Crippen MR) is 72.2 cm³/mol. The number of hydrogen-bond acceptors (Lipinski definition) is 3. The van der Waals surface area contributed by atoms with Crippen LogP contribution in [0.3, 0.4) is 0 Å². The van der Waals surface area contributed by atoms with E-state index in [1.54, 1.807) is 0 Å². The number of benzene rings is 1. The second-order valence-electron chi connectivity index (χ2n) is 4.34. The summed E-state index contributed by atoms with van der Waals surface area (Å²) < 4.78 is 22.2. The molecule has 0 aliphatic carbocycles. The SMILES string of the molecule is C[C@H](c1cccc(Cl)c1)N(C)CCS(C)(=O)=O. The highest BCUT2D eigenvalue weighted by molar-refractivity contribution is 7.90. The minimum Gasteiger partial charge on any atom is -0.299 e. The van der Waals surface area contributed by atoms with Gasteiger partial charge in [0.2, 0.25) is 0 Å². The van der Waals surface area contributed by atoms with E-state index in [1.165, 1.54) is 6.26 Å². The van der Waals surface area contributed by atoms with Crippen LogP contribution >= 0.6 is 11.6 Å². The Bertz CT molecular complexity index is 473. The van der Waals surface area contributed by atoms with E-state index in [-0.39, 0.29) is 11.8 Å². The zero-order chi connectivity index (χ0) is 13.1. The van der Waals surface area contributed by atoms with Gasteiger partial charge in [-0.2, -0.15) is 0 Å². The van der Waals surface area contributed by atoms with E-state index < -0.39 is 9.84 Å². The maximum atomic E-state index is 11.1. The topological polar surface area (TPSA) is 37.4 Å². The smallest absolute Gasteiger partial charge is 0.148 e. The lowest BCUT2D eigenvalue weighted by Gasteiger charge is -2.24. The summed E-state index contributed by atoms with van der Waals surface area (Å²) in [7, 11) is -0.997. The second kappa shape index (κ2) is 5.85. The molecular weight excluding hydrogens is 258 g/mol. The number of rotatable bonds is 5. The van der Waals surface area contributed by atoms with Crippen LogP contribution in [0.1, 0.15) is 18.5 Å². The minimum atomic E-state index is -2.91. The average molecular weight is 276 g/mol. The molecule has 0 aliphatic heterocycles. The Kier molecular flexibility index (Phi) is 4.98. The van der Waals surface area contributed by atoms with Crippen molar-refractivity contribution in [3.8, 4) is 0 Å². The largest absolute Gasteiger partial charge is 0.299 e. The number of nitrogens with zero attached hydrogens (tertiary/aromatic N) is 1.